The number of likely N-dealkylation sites (tertiary alicyclic amines) is 1. The van der Waals surface area contributed by atoms with E-state index in [0.717, 1.165) is 0 Å². The van der Waals surface area contributed by atoms with E-state index in [1.807, 2.05) is 0 Å². The summed E-state index contributed by atoms with van der Waals surface area (Å²) in [4.78, 5) is 34.8. The smallest absolute Gasteiger partial charge is 0.303 e. The van der Waals surface area contributed by atoms with Gasteiger partial charge < -0.3 is 5.11 Å². The van der Waals surface area contributed by atoms with Gasteiger partial charge in [0.2, 0.25) is 11.8 Å². The topological polar surface area (TPSA) is 74.7 Å². The Morgan fingerprint density at radius 2 is 2.19 bits per heavy atom. The van der Waals surface area contributed by atoms with E-state index in [1.54, 1.807) is 13.8 Å². The van der Waals surface area contributed by atoms with Gasteiger partial charge in [-0.1, -0.05) is 6.92 Å². The molecule has 0 radical (unpaired) electrons. The Morgan fingerprint density at radius 3 is 2.62 bits per heavy atom. The number of rotatable bonds is 5. The number of aliphatic carboxylic acids is 1. The Bertz CT molecular complexity index is 313. The van der Waals surface area contributed by atoms with E-state index in [-0.39, 0.29) is 36.6 Å². The lowest BCUT2D eigenvalue weighted by Crippen LogP contribution is -2.38. The summed E-state index contributed by atoms with van der Waals surface area (Å²) in [5, 5.41) is 8.49. The summed E-state index contributed by atoms with van der Waals surface area (Å²) in [5.74, 6) is -1.35. The normalized spacial score (nSPS) is 22.6. The van der Waals surface area contributed by atoms with Gasteiger partial charge in [-0.3, -0.25) is 19.3 Å². The van der Waals surface area contributed by atoms with E-state index in [2.05, 4.69) is 0 Å². The lowest BCUT2D eigenvalue weighted by molar-refractivity contribution is -0.141. The van der Waals surface area contributed by atoms with Crippen LogP contribution in [0.1, 0.15) is 39.5 Å². The lowest BCUT2D eigenvalue weighted by atomic mass is 10.1. The van der Waals surface area contributed by atoms with Crippen molar-refractivity contribution in [2.24, 2.45) is 5.92 Å². The van der Waals surface area contributed by atoms with Crippen LogP contribution in [-0.2, 0) is 14.4 Å². The van der Waals surface area contributed by atoms with Crippen molar-refractivity contribution in [1.29, 1.82) is 0 Å². The highest BCUT2D eigenvalue weighted by atomic mass is 16.4. The molecule has 1 N–H and O–H groups in total. The summed E-state index contributed by atoms with van der Waals surface area (Å²) >= 11 is 0. The quantitative estimate of drug-likeness (QED) is 0.712. The van der Waals surface area contributed by atoms with Gasteiger partial charge >= 0.3 is 5.97 Å². The maximum absolute atomic E-state index is 11.6. The second kappa shape index (κ2) is 5.09. The SMILES string of the molecule is CC1CC(=O)N(C(C)CCCC(=O)O)C1=O. The molecule has 2 amide bonds. The van der Waals surface area contributed by atoms with Crippen molar-refractivity contribution in [2.75, 3.05) is 0 Å². The minimum absolute atomic E-state index is 0.0795. The van der Waals surface area contributed by atoms with E-state index < -0.39 is 5.97 Å². The van der Waals surface area contributed by atoms with E-state index in [1.165, 1.54) is 4.90 Å². The van der Waals surface area contributed by atoms with E-state index in [0.29, 0.717) is 12.8 Å². The third-order valence-electron chi connectivity index (χ3n) is 2.86. The first-order valence-electron chi connectivity index (χ1n) is 5.51. The first-order valence-corrected chi connectivity index (χ1v) is 5.51. The number of hydrogen-bond donors (Lipinski definition) is 1. The number of nitrogens with zero attached hydrogens (tertiary/aromatic N) is 1. The average molecular weight is 227 g/mol. The highest BCUT2D eigenvalue weighted by molar-refractivity contribution is 6.03. The number of carbonyl (C=O) groups is 3. The summed E-state index contributed by atoms with van der Waals surface area (Å²) < 4.78 is 0. The van der Waals surface area contributed by atoms with Crippen LogP contribution >= 0.6 is 0 Å². The largest absolute Gasteiger partial charge is 0.481 e. The van der Waals surface area contributed by atoms with E-state index in [4.69, 9.17) is 5.11 Å². The molecule has 1 fully saturated rings. The molecule has 0 saturated carbocycles. The molecule has 5 heteroatoms. The van der Waals surface area contributed by atoms with Crippen LogP contribution in [0, 0.1) is 5.92 Å². The van der Waals surface area contributed by atoms with Gasteiger partial charge in [-0.25, -0.2) is 0 Å². The van der Waals surface area contributed by atoms with Crippen LogP contribution in [-0.4, -0.2) is 33.8 Å². The molecule has 0 spiro atoms. The maximum Gasteiger partial charge on any atom is 0.303 e. The van der Waals surface area contributed by atoms with Gasteiger partial charge in [0.15, 0.2) is 0 Å². The zero-order valence-corrected chi connectivity index (χ0v) is 9.60. The van der Waals surface area contributed by atoms with Gasteiger partial charge in [-0.15, -0.1) is 0 Å². The number of amides is 2. The fourth-order valence-electron chi connectivity index (χ4n) is 1.95. The molecule has 0 aromatic rings. The van der Waals surface area contributed by atoms with Crippen molar-refractivity contribution in [1.82, 2.24) is 4.90 Å². The molecular weight excluding hydrogens is 210 g/mol. The van der Waals surface area contributed by atoms with Gasteiger partial charge in [0, 0.05) is 24.8 Å². The summed E-state index contributed by atoms with van der Waals surface area (Å²) in [7, 11) is 0. The standard InChI is InChI=1S/C11H17NO4/c1-7-6-9(13)12(11(7)16)8(2)4-3-5-10(14)15/h7-8H,3-6H2,1-2H3,(H,14,15). The summed E-state index contributed by atoms with van der Waals surface area (Å²) in [6.07, 6.45) is 1.40. The number of imide groups is 1. The first kappa shape index (κ1) is 12.7. The van der Waals surface area contributed by atoms with Crippen LogP contribution in [0.15, 0.2) is 0 Å². The van der Waals surface area contributed by atoms with Crippen LogP contribution in [0.4, 0.5) is 0 Å². The van der Waals surface area contributed by atoms with Crippen molar-refractivity contribution in [3.8, 4) is 0 Å². The highest BCUT2D eigenvalue weighted by Crippen LogP contribution is 2.23. The molecule has 1 rings (SSSR count). The molecule has 1 aliphatic heterocycles. The first-order chi connectivity index (χ1) is 7.43. The second-order valence-electron chi connectivity index (χ2n) is 4.34. The second-order valence-corrected chi connectivity index (χ2v) is 4.34. The van der Waals surface area contributed by atoms with Gasteiger partial charge in [0.05, 0.1) is 0 Å². The molecule has 0 aromatic heterocycles. The zero-order valence-electron chi connectivity index (χ0n) is 9.60. The van der Waals surface area contributed by atoms with Gasteiger partial charge in [0.1, 0.15) is 0 Å². The van der Waals surface area contributed by atoms with Crippen LogP contribution in [0.2, 0.25) is 0 Å². The molecule has 90 valence electrons. The van der Waals surface area contributed by atoms with Crippen LogP contribution in [0.3, 0.4) is 0 Å². The summed E-state index contributed by atoms with van der Waals surface area (Å²) in [6.45, 7) is 3.53. The molecule has 0 bridgehead atoms. The number of carbonyl (C=O) groups excluding carboxylic acids is 2. The minimum Gasteiger partial charge on any atom is -0.481 e. The van der Waals surface area contributed by atoms with Crippen molar-refractivity contribution < 1.29 is 19.5 Å². The third-order valence-corrected chi connectivity index (χ3v) is 2.86. The van der Waals surface area contributed by atoms with Crippen molar-refractivity contribution >= 4 is 17.8 Å². The molecule has 16 heavy (non-hydrogen) atoms. The predicted molar refractivity (Wildman–Crippen MR) is 56.6 cm³/mol. The van der Waals surface area contributed by atoms with Crippen molar-refractivity contribution in [2.45, 2.75) is 45.6 Å². The lowest BCUT2D eigenvalue weighted by Gasteiger charge is -2.22. The molecule has 1 heterocycles. The third kappa shape index (κ3) is 2.81. The van der Waals surface area contributed by atoms with Gasteiger partial charge in [0.25, 0.3) is 0 Å². The molecule has 2 atom stereocenters. The molecular formula is C11H17NO4. The summed E-state index contributed by atoms with van der Waals surface area (Å²) in [6, 6.07) is -0.190. The fourth-order valence-corrected chi connectivity index (χ4v) is 1.95. The molecule has 1 aliphatic rings. The zero-order chi connectivity index (χ0) is 12.3. The predicted octanol–water partition coefficient (Wildman–Crippen LogP) is 1.02. The summed E-state index contributed by atoms with van der Waals surface area (Å²) in [5.41, 5.74) is 0. The maximum atomic E-state index is 11.6. The molecule has 0 aliphatic carbocycles. The Hall–Kier alpha value is -1.39. The molecule has 0 aromatic carbocycles. The van der Waals surface area contributed by atoms with Crippen LogP contribution in [0.5, 0.6) is 0 Å². The Balaban J connectivity index is 2.47. The number of hydrogen-bond acceptors (Lipinski definition) is 3. The van der Waals surface area contributed by atoms with Crippen molar-refractivity contribution in [3.05, 3.63) is 0 Å². The molecule has 2 unspecified atom stereocenters. The number of carboxylic acids is 1. The number of carboxylic acid groups (broad SMARTS) is 1. The fraction of sp³-hybridized carbons (Fsp3) is 0.727. The van der Waals surface area contributed by atoms with Gasteiger partial charge in [-0.2, -0.15) is 0 Å². The van der Waals surface area contributed by atoms with E-state index in [9.17, 15) is 14.4 Å². The Labute approximate surface area is 94.4 Å². The molecule has 1 saturated heterocycles. The van der Waals surface area contributed by atoms with Crippen LogP contribution < -0.4 is 0 Å². The molecule has 5 nitrogen and oxygen atoms in total. The Kier molecular flexibility index (Phi) is 4.04. The van der Waals surface area contributed by atoms with Gasteiger partial charge in [-0.05, 0) is 19.8 Å². The monoisotopic (exact) mass is 227 g/mol. The minimum atomic E-state index is -0.848. The van der Waals surface area contributed by atoms with Crippen molar-refractivity contribution in [3.63, 3.8) is 0 Å². The highest BCUT2D eigenvalue weighted by Gasteiger charge is 2.37. The van der Waals surface area contributed by atoms with Crippen LogP contribution in [0.25, 0.3) is 0 Å². The Morgan fingerprint density at radius 1 is 1.56 bits per heavy atom. The average Bonchev–Trinajstić information content (AvgIpc) is 2.40. The van der Waals surface area contributed by atoms with E-state index >= 15 is 0 Å².